The smallest absolute Gasteiger partial charge is 0.229 e. The van der Waals surface area contributed by atoms with Gasteiger partial charge in [-0.05, 0) is 29.8 Å². The molecule has 2 aromatic rings. The number of alkyl halides is 1. The van der Waals surface area contributed by atoms with Crippen LogP contribution in [0.5, 0.6) is 0 Å². The van der Waals surface area contributed by atoms with E-state index in [9.17, 15) is 13.2 Å². The number of carbonyl (C=O) groups excluding carboxylic acids is 1. The lowest BCUT2D eigenvalue weighted by atomic mass is 10.1. The van der Waals surface area contributed by atoms with Crippen LogP contribution in [0.15, 0.2) is 30.5 Å². The molecule has 1 aromatic carbocycles. The Morgan fingerprint density at radius 2 is 2.00 bits per heavy atom. The molecular formula is C13H10BrCl2N3O3S. The van der Waals surface area contributed by atoms with Crippen LogP contribution in [0.1, 0.15) is 20.9 Å². The van der Waals surface area contributed by atoms with Crippen molar-refractivity contribution in [2.75, 3.05) is 11.0 Å². The van der Waals surface area contributed by atoms with Crippen LogP contribution in [-0.4, -0.2) is 30.4 Å². The molecule has 0 aliphatic carbocycles. The monoisotopic (exact) mass is 437 g/mol. The minimum Gasteiger partial charge on any atom is -0.292 e. The van der Waals surface area contributed by atoms with Crippen molar-refractivity contribution >= 4 is 60.6 Å². The molecule has 6 nitrogen and oxygen atoms in total. The Morgan fingerprint density at radius 1 is 1.30 bits per heavy atom. The van der Waals surface area contributed by atoms with Crippen LogP contribution >= 0.6 is 39.1 Å². The first-order valence-electron chi connectivity index (χ1n) is 6.12. The third-order valence-corrected chi connectivity index (χ3v) is 4.76. The Bertz CT molecular complexity index is 861. The first-order chi connectivity index (χ1) is 10.7. The zero-order valence-corrected chi connectivity index (χ0v) is 15.5. The van der Waals surface area contributed by atoms with Crippen molar-refractivity contribution < 1.29 is 13.2 Å². The number of nitrogens with one attached hydrogen (secondary N) is 1. The molecule has 1 aromatic heterocycles. The van der Waals surface area contributed by atoms with E-state index in [1.54, 1.807) is 0 Å². The predicted molar refractivity (Wildman–Crippen MR) is 93.0 cm³/mol. The average molecular weight is 439 g/mol. The summed E-state index contributed by atoms with van der Waals surface area (Å²) in [6.07, 6.45) is 2.42. The Morgan fingerprint density at radius 3 is 2.61 bits per heavy atom. The van der Waals surface area contributed by atoms with E-state index in [-0.39, 0.29) is 27.3 Å². The third kappa shape index (κ3) is 4.63. The van der Waals surface area contributed by atoms with Gasteiger partial charge in [-0.2, -0.15) is 0 Å². The second-order valence-electron chi connectivity index (χ2n) is 4.52. The van der Waals surface area contributed by atoms with Crippen LogP contribution < -0.4 is 4.72 Å². The molecule has 10 heteroatoms. The van der Waals surface area contributed by atoms with E-state index in [4.69, 9.17) is 23.2 Å². The van der Waals surface area contributed by atoms with Crippen LogP contribution in [0.2, 0.25) is 10.3 Å². The number of hydrogen-bond acceptors (Lipinski definition) is 5. The van der Waals surface area contributed by atoms with Crippen molar-refractivity contribution in [1.29, 1.82) is 0 Å². The van der Waals surface area contributed by atoms with Gasteiger partial charge in [0.2, 0.25) is 15.3 Å². The summed E-state index contributed by atoms with van der Waals surface area (Å²) in [4.78, 5) is 19.5. The van der Waals surface area contributed by atoms with E-state index in [2.05, 4.69) is 30.6 Å². The first-order valence-corrected chi connectivity index (χ1v) is 9.68. The molecule has 0 amide bonds. The van der Waals surface area contributed by atoms with E-state index in [0.717, 1.165) is 6.26 Å². The molecule has 1 N–H and O–H groups in total. The van der Waals surface area contributed by atoms with E-state index in [0.29, 0.717) is 5.69 Å². The Balaban J connectivity index is 2.38. The molecule has 0 radical (unpaired) electrons. The molecule has 0 saturated heterocycles. The fourth-order valence-corrected chi connectivity index (χ4v) is 3.31. The van der Waals surface area contributed by atoms with Crippen molar-refractivity contribution in [3.8, 4) is 0 Å². The summed E-state index contributed by atoms with van der Waals surface area (Å²) in [6.45, 7) is 0. The lowest BCUT2D eigenvalue weighted by molar-refractivity contribution is 0.0990. The van der Waals surface area contributed by atoms with Crippen LogP contribution in [0.4, 0.5) is 5.69 Å². The summed E-state index contributed by atoms with van der Waals surface area (Å²) in [6, 6.07) is 6.02. The number of Topliss-reactive ketones (excluding diaryl/α,β-unsaturated/α-hetero) is 1. The molecule has 1 heterocycles. The predicted octanol–water partition coefficient (Wildman–Crippen LogP) is 3.47. The zero-order valence-electron chi connectivity index (χ0n) is 11.6. The average Bonchev–Trinajstić information content (AvgIpc) is 2.46. The number of hydrogen-bond donors (Lipinski definition) is 1. The number of carbonyl (C=O) groups is 1. The fourth-order valence-electron chi connectivity index (χ4n) is 1.76. The quantitative estimate of drug-likeness (QED) is 0.438. The fraction of sp³-hybridized carbons (Fsp3) is 0.154. The molecule has 1 atom stereocenters. The standard InChI is InChI=1S/C13H10BrCl2N3O3S/c1-23(21,22)19-9-4-2-3-7(11(9)15)12(20)10(14)8-5-6-17-13(16)18-8/h2-6,10,19H,1H3. The van der Waals surface area contributed by atoms with Crippen molar-refractivity contribution in [2.45, 2.75) is 4.83 Å². The molecule has 0 aliphatic heterocycles. The summed E-state index contributed by atoms with van der Waals surface area (Å²) < 4.78 is 24.9. The van der Waals surface area contributed by atoms with Gasteiger partial charge in [0, 0.05) is 11.8 Å². The molecule has 2 rings (SSSR count). The van der Waals surface area contributed by atoms with Gasteiger partial charge in [0.1, 0.15) is 4.83 Å². The normalized spacial score (nSPS) is 12.7. The summed E-state index contributed by atoms with van der Waals surface area (Å²) in [5.74, 6) is -0.387. The van der Waals surface area contributed by atoms with E-state index < -0.39 is 14.9 Å². The number of aromatic nitrogens is 2. The highest BCUT2D eigenvalue weighted by atomic mass is 79.9. The minimum atomic E-state index is -3.52. The lowest BCUT2D eigenvalue weighted by Crippen LogP contribution is -2.13. The zero-order chi connectivity index (χ0) is 17.2. The highest BCUT2D eigenvalue weighted by molar-refractivity contribution is 9.09. The second kappa shape index (κ2) is 7.12. The maximum atomic E-state index is 12.6. The summed E-state index contributed by atoms with van der Waals surface area (Å²) in [7, 11) is -3.52. The third-order valence-electron chi connectivity index (χ3n) is 2.70. The van der Waals surface area contributed by atoms with Crippen molar-refractivity contribution in [3.05, 3.63) is 52.0 Å². The van der Waals surface area contributed by atoms with Gasteiger partial charge in [-0.15, -0.1) is 0 Å². The second-order valence-corrected chi connectivity index (χ2v) is 7.90. The topological polar surface area (TPSA) is 89.0 Å². The van der Waals surface area contributed by atoms with Gasteiger partial charge < -0.3 is 0 Å². The summed E-state index contributed by atoms with van der Waals surface area (Å²) in [5, 5.41) is 0.0193. The van der Waals surface area contributed by atoms with Gasteiger partial charge in [-0.3, -0.25) is 9.52 Å². The van der Waals surface area contributed by atoms with E-state index >= 15 is 0 Å². The van der Waals surface area contributed by atoms with E-state index in [1.807, 2.05) is 0 Å². The molecule has 0 saturated carbocycles. The van der Waals surface area contributed by atoms with Crippen LogP contribution in [0.3, 0.4) is 0 Å². The van der Waals surface area contributed by atoms with Gasteiger partial charge in [0.25, 0.3) is 0 Å². The largest absolute Gasteiger partial charge is 0.292 e. The Labute approximate surface area is 151 Å². The number of anilines is 1. The lowest BCUT2D eigenvalue weighted by Gasteiger charge is -2.13. The minimum absolute atomic E-state index is 0.00697. The molecule has 0 bridgehead atoms. The highest BCUT2D eigenvalue weighted by Gasteiger charge is 2.24. The SMILES string of the molecule is CS(=O)(=O)Nc1cccc(C(=O)C(Br)c2ccnc(Cl)n2)c1Cl. The number of nitrogens with zero attached hydrogens (tertiary/aromatic N) is 2. The molecular weight excluding hydrogens is 429 g/mol. The highest BCUT2D eigenvalue weighted by Crippen LogP contribution is 2.33. The summed E-state index contributed by atoms with van der Waals surface area (Å²) in [5.41, 5.74) is 0.643. The van der Waals surface area contributed by atoms with Crippen molar-refractivity contribution in [1.82, 2.24) is 9.97 Å². The molecule has 122 valence electrons. The van der Waals surface area contributed by atoms with Gasteiger partial charge in [0.15, 0.2) is 5.78 Å². The molecule has 1 unspecified atom stereocenters. The molecule has 0 fully saturated rings. The molecule has 0 spiro atoms. The van der Waals surface area contributed by atoms with Gasteiger partial charge in [-0.25, -0.2) is 18.4 Å². The van der Waals surface area contributed by atoms with Gasteiger partial charge in [0.05, 0.1) is 22.7 Å². The van der Waals surface area contributed by atoms with E-state index in [1.165, 1.54) is 30.5 Å². The Kier molecular flexibility index (Phi) is 5.61. The van der Waals surface area contributed by atoms with Gasteiger partial charge in [-0.1, -0.05) is 33.6 Å². The van der Waals surface area contributed by atoms with Crippen LogP contribution in [0.25, 0.3) is 0 Å². The number of halogens is 3. The van der Waals surface area contributed by atoms with Crippen molar-refractivity contribution in [3.63, 3.8) is 0 Å². The van der Waals surface area contributed by atoms with Crippen LogP contribution in [0, 0.1) is 0 Å². The first kappa shape index (κ1) is 18.1. The maximum Gasteiger partial charge on any atom is 0.229 e. The van der Waals surface area contributed by atoms with Crippen LogP contribution in [-0.2, 0) is 10.0 Å². The summed E-state index contributed by atoms with van der Waals surface area (Å²) >= 11 is 15.1. The maximum absolute atomic E-state index is 12.6. The number of sulfonamides is 1. The Hall–Kier alpha value is -1.22. The number of ketones is 1. The van der Waals surface area contributed by atoms with Gasteiger partial charge >= 0.3 is 0 Å². The molecule has 23 heavy (non-hydrogen) atoms. The molecule has 0 aliphatic rings. The number of rotatable bonds is 5. The number of benzene rings is 1. The van der Waals surface area contributed by atoms with Crippen molar-refractivity contribution in [2.24, 2.45) is 0 Å².